The lowest BCUT2D eigenvalue weighted by Gasteiger charge is -2.22. The van der Waals surface area contributed by atoms with Crippen LogP contribution < -0.4 is 0 Å². The van der Waals surface area contributed by atoms with E-state index in [1.807, 2.05) is 0 Å². The monoisotopic (exact) mass is 692 g/mol. The summed E-state index contributed by atoms with van der Waals surface area (Å²) < 4.78 is 12.1. The van der Waals surface area contributed by atoms with Gasteiger partial charge in [-0.3, -0.25) is 4.90 Å². The fraction of sp³-hybridized carbons (Fsp3) is 0.702. The molecule has 0 aliphatic rings. The zero-order chi connectivity index (χ0) is 35.7. The van der Waals surface area contributed by atoms with E-state index in [1.54, 1.807) is 0 Å². The summed E-state index contributed by atoms with van der Waals surface area (Å²) in [6.07, 6.45) is 49.6. The first-order valence-electron chi connectivity index (χ1n) is 21.4. The molecular formula is C47H81NO2. The van der Waals surface area contributed by atoms with Crippen LogP contribution in [0.1, 0.15) is 174 Å². The van der Waals surface area contributed by atoms with Gasteiger partial charge in [0.25, 0.3) is 0 Å². The van der Waals surface area contributed by atoms with Crippen LogP contribution >= 0.6 is 0 Å². The van der Waals surface area contributed by atoms with Crippen LogP contribution in [0.15, 0.2) is 78.9 Å². The maximum atomic E-state index is 6.06. The molecule has 3 heteroatoms. The minimum atomic E-state index is 0.805. The Labute approximate surface area is 312 Å². The lowest BCUT2D eigenvalue weighted by molar-refractivity contribution is 0.0692. The molecule has 0 bridgehead atoms. The van der Waals surface area contributed by atoms with E-state index >= 15 is 0 Å². The van der Waals surface area contributed by atoms with Crippen molar-refractivity contribution in [3.8, 4) is 0 Å². The molecular weight excluding hydrogens is 611 g/mol. The van der Waals surface area contributed by atoms with Crippen molar-refractivity contribution < 1.29 is 9.47 Å². The topological polar surface area (TPSA) is 21.7 Å². The van der Waals surface area contributed by atoms with Gasteiger partial charge in [-0.25, -0.2) is 0 Å². The van der Waals surface area contributed by atoms with E-state index in [2.05, 4.69) is 97.7 Å². The molecule has 0 radical (unpaired) electrons. The number of nitrogens with zero attached hydrogens (tertiary/aromatic N) is 1. The van der Waals surface area contributed by atoms with E-state index < -0.39 is 0 Å². The van der Waals surface area contributed by atoms with Gasteiger partial charge < -0.3 is 9.47 Å². The SMILES string of the molecule is CCCCC/C=C\C/C=C\CCCCCCCCOCCN(CCOCCCCCCCC/C=C\C/C=C\CCCCC)Cc1ccccc1. The molecule has 0 N–H and O–H groups in total. The van der Waals surface area contributed by atoms with Gasteiger partial charge in [-0.15, -0.1) is 0 Å². The lowest BCUT2D eigenvalue weighted by Crippen LogP contribution is -2.31. The van der Waals surface area contributed by atoms with E-state index in [-0.39, 0.29) is 0 Å². The Bertz CT molecular complexity index is 851. The summed E-state index contributed by atoms with van der Waals surface area (Å²) >= 11 is 0. The van der Waals surface area contributed by atoms with Gasteiger partial charge in [0.1, 0.15) is 0 Å². The van der Waals surface area contributed by atoms with E-state index in [1.165, 1.54) is 147 Å². The van der Waals surface area contributed by atoms with Crippen LogP contribution in [0.3, 0.4) is 0 Å². The first-order chi connectivity index (χ1) is 24.9. The molecule has 0 atom stereocenters. The number of unbranched alkanes of at least 4 members (excludes halogenated alkanes) is 18. The molecule has 1 aromatic rings. The smallest absolute Gasteiger partial charge is 0.0593 e. The van der Waals surface area contributed by atoms with Crippen LogP contribution in [0.5, 0.6) is 0 Å². The van der Waals surface area contributed by atoms with Gasteiger partial charge in [-0.05, 0) is 82.6 Å². The zero-order valence-electron chi connectivity index (χ0n) is 33.2. The van der Waals surface area contributed by atoms with Crippen LogP contribution in [0.4, 0.5) is 0 Å². The van der Waals surface area contributed by atoms with Gasteiger partial charge in [0.05, 0.1) is 13.2 Å². The minimum Gasteiger partial charge on any atom is -0.380 e. The molecule has 0 saturated heterocycles. The second-order valence-electron chi connectivity index (χ2n) is 14.2. The Morgan fingerprint density at radius 3 is 1.22 bits per heavy atom. The van der Waals surface area contributed by atoms with Gasteiger partial charge in [0, 0.05) is 32.8 Å². The molecule has 0 aliphatic heterocycles. The van der Waals surface area contributed by atoms with Crippen LogP contribution in [0.2, 0.25) is 0 Å². The predicted octanol–water partition coefficient (Wildman–Crippen LogP) is 14.1. The van der Waals surface area contributed by atoms with E-state index in [4.69, 9.17) is 9.47 Å². The number of benzene rings is 1. The molecule has 1 aromatic carbocycles. The average Bonchev–Trinajstić information content (AvgIpc) is 3.13. The van der Waals surface area contributed by atoms with E-state index in [0.717, 1.165) is 58.9 Å². The molecule has 50 heavy (non-hydrogen) atoms. The van der Waals surface area contributed by atoms with Crippen LogP contribution in [-0.2, 0) is 16.0 Å². The molecule has 1 rings (SSSR count). The first kappa shape index (κ1) is 46.1. The molecule has 0 fully saturated rings. The predicted molar refractivity (Wildman–Crippen MR) is 222 cm³/mol. The van der Waals surface area contributed by atoms with Crippen molar-refractivity contribution in [1.82, 2.24) is 4.90 Å². The van der Waals surface area contributed by atoms with Crippen molar-refractivity contribution >= 4 is 0 Å². The van der Waals surface area contributed by atoms with Crippen LogP contribution in [-0.4, -0.2) is 44.4 Å². The maximum absolute atomic E-state index is 6.06. The highest BCUT2D eigenvalue weighted by Crippen LogP contribution is 2.11. The molecule has 0 saturated carbocycles. The summed E-state index contributed by atoms with van der Waals surface area (Å²) in [5.74, 6) is 0. The Balaban J connectivity index is 2.00. The van der Waals surface area contributed by atoms with Gasteiger partial charge in [0.2, 0.25) is 0 Å². The van der Waals surface area contributed by atoms with Crippen LogP contribution in [0, 0.1) is 0 Å². The Hall–Kier alpha value is -1.94. The zero-order valence-corrected chi connectivity index (χ0v) is 33.2. The lowest BCUT2D eigenvalue weighted by atomic mass is 10.1. The van der Waals surface area contributed by atoms with Crippen molar-refractivity contribution in [2.24, 2.45) is 0 Å². The quantitative estimate of drug-likeness (QED) is 0.0509. The summed E-state index contributed by atoms with van der Waals surface area (Å²) in [5, 5.41) is 0. The van der Waals surface area contributed by atoms with Crippen LogP contribution in [0.25, 0.3) is 0 Å². The highest BCUT2D eigenvalue weighted by Gasteiger charge is 2.06. The Kier molecular flexibility index (Phi) is 36.7. The second kappa shape index (κ2) is 39.8. The Morgan fingerprint density at radius 1 is 0.420 bits per heavy atom. The van der Waals surface area contributed by atoms with Crippen molar-refractivity contribution in [3.63, 3.8) is 0 Å². The fourth-order valence-corrected chi connectivity index (χ4v) is 6.09. The summed E-state index contributed by atoms with van der Waals surface area (Å²) in [6.45, 7) is 10.8. The average molecular weight is 692 g/mol. The standard InChI is InChI=1S/C47H81NO2/c1-3-5-7-9-11-13-15-17-19-21-23-25-27-29-31-36-42-49-44-40-48(46-47-38-34-33-35-39-47)41-45-50-43-37-32-30-28-26-24-22-20-18-16-14-12-10-8-6-4-2/h11-14,17-20,33-35,38-39H,3-10,15-16,21-32,36-37,40-46H2,1-2H3/b13-11-,14-12-,19-17-,20-18-. The van der Waals surface area contributed by atoms with Crippen molar-refractivity contribution in [1.29, 1.82) is 0 Å². The highest BCUT2D eigenvalue weighted by molar-refractivity contribution is 5.14. The molecule has 286 valence electrons. The summed E-state index contributed by atoms with van der Waals surface area (Å²) in [6, 6.07) is 10.8. The molecule has 0 unspecified atom stereocenters. The third kappa shape index (κ3) is 34.5. The number of allylic oxidation sites excluding steroid dienone is 8. The fourth-order valence-electron chi connectivity index (χ4n) is 6.09. The Morgan fingerprint density at radius 2 is 0.800 bits per heavy atom. The molecule has 0 spiro atoms. The molecule has 0 heterocycles. The number of rotatable bonds is 38. The molecule has 0 amide bonds. The number of ether oxygens (including phenoxy) is 2. The summed E-state index contributed by atoms with van der Waals surface area (Å²) in [5.41, 5.74) is 1.36. The molecule has 0 aliphatic carbocycles. The van der Waals surface area contributed by atoms with Crippen molar-refractivity contribution in [3.05, 3.63) is 84.5 Å². The highest BCUT2D eigenvalue weighted by atomic mass is 16.5. The van der Waals surface area contributed by atoms with Gasteiger partial charge in [-0.2, -0.15) is 0 Å². The number of hydrogen-bond donors (Lipinski definition) is 0. The normalized spacial score (nSPS) is 12.3. The van der Waals surface area contributed by atoms with Crippen molar-refractivity contribution in [2.45, 2.75) is 174 Å². The van der Waals surface area contributed by atoms with Gasteiger partial charge in [-0.1, -0.05) is 170 Å². The third-order valence-corrected chi connectivity index (χ3v) is 9.33. The summed E-state index contributed by atoms with van der Waals surface area (Å²) in [7, 11) is 0. The van der Waals surface area contributed by atoms with E-state index in [0.29, 0.717) is 0 Å². The minimum absolute atomic E-state index is 0.805. The second-order valence-corrected chi connectivity index (χ2v) is 14.2. The third-order valence-electron chi connectivity index (χ3n) is 9.33. The van der Waals surface area contributed by atoms with Crippen molar-refractivity contribution in [2.75, 3.05) is 39.5 Å². The van der Waals surface area contributed by atoms with Gasteiger partial charge in [0.15, 0.2) is 0 Å². The maximum Gasteiger partial charge on any atom is 0.0593 e. The van der Waals surface area contributed by atoms with Gasteiger partial charge >= 0.3 is 0 Å². The number of hydrogen-bond acceptors (Lipinski definition) is 3. The largest absolute Gasteiger partial charge is 0.380 e. The van der Waals surface area contributed by atoms with E-state index in [9.17, 15) is 0 Å². The summed E-state index contributed by atoms with van der Waals surface area (Å²) in [4.78, 5) is 2.49. The molecule has 0 aromatic heterocycles. The first-order valence-corrected chi connectivity index (χ1v) is 21.4. The molecule has 3 nitrogen and oxygen atoms in total.